The summed E-state index contributed by atoms with van der Waals surface area (Å²) in [5, 5.41) is 17.0. The summed E-state index contributed by atoms with van der Waals surface area (Å²) in [5.74, 6) is -0.0377. The van der Waals surface area contributed by atoms with Gasteiger partial charge in [0.25, 0.3) is 0 Å². The number of hydrogen-bond acceptors (Lipinski definition) is 5. The number of nitrogens with zero attached hydrogens (tertiary/aromatic N) is 3. The molecule has 0 radical (unpaired) electrons. The molecule has 2 heterocycles. The average molecular weight is 443 g/mol. The van der Waals surface area contributed by atoms with Gasteiger partial charge in [0.05, 0.1) is 41.8 Å². The first kappa shape index (κ1) is 22.0. The lowest BCUT2D eigenvalue weighted by atomic mass is 10.0. The molecule has 154 valence electrons. The second-order valence-corrected chi connectivity index (χ2v) is 7.26. The first-order valence-corrected chi connectivity index (χ1v) is 9.71. The van der Waals surface area contributed by atoms with Gasteiger partial charge in [-0.15, -0.1) is 12.4 Å². The average Bonchev–Trinajstić information content (AvgIpc) is 3.25. The first-order valence-electron chi connectivity index (χ1n) is 9.33. The molecule has 0 amide bonds. The largest absolute Gasteiger partial charge is 0.371 e. The van der Waals surface area contributed by atoms with E-state index in [2.05, 4.69) is 16.5 Å². The quantitative estimate of drug-likeness (QED) is 0.605. The molecule has 1 atom stereocenters. The fourth-order valence-corrected chi connectivity index (χ4v) is 3.62. The third kappa shape index (κ3) is 4.89. The van der Waals surface area contributed by atoms with Gasteiger partial charge in [-0.25, -0.2) is 4.68 Å². The number of halogens is 2. The Morgan fingerprint density at radius 1 is 1.30 bits per heavy atom. The molecule has 0 unspecified atom stereocenters. The highest BCUT2D eigenvalue weighted by atomic mass is 35.5. The zero-order valence-electron chi connectivity index (χ0n) is 16.0. The lowest BCUT2D eigenvalue weighted by Crippen LogP contribution is -2.33. The second-order valence-electron chi connectivity index (χ2n) is 6.85. The molecule has 1 aliphatic rings. The van der Waals surface area contributed by atoms with Crippen molar-refractivity contribution in [3.8, 4) is 11.8 Å². The summed E-state index contributed by atoms with van der Waals surface area (Å²) in [6, 6.07) is 14.8. The van der Waals surface area contributed by atoms with Gasteiger partial charge in [-0.2, -0.15) is 10.4 Å². The van der Waals surface area contributed by atoms with Gasteiger partial charge in [0, 0.05) is 36.3 Å². The Labute approximate surface area is 185 Å². The summed E-state index contributed by atoms with van der Waals surface area (Å²) in [7, 11) is 0. The summed E-state index contributed by atoms with van der Waals surface area (Å²) in [6.45, 7) is 2.23. The van der Waals surface area contributed by atoms with E-state index in [1.807, 2.05) is 18.2 Å². The van der Waals surface area contributed by atoms with Crippen LogP contribution >= 0.6 is 24.0 Å². The van der Waals surface area contributed by atoms with Gasteiger partial charge in [0.15, 0.2) is 5.78 Å². The van der Waals surface area contributed by atoms with Crippen LogP contribution in [0.5, 0.6) is 0 Å². The van der Waals surface area contributed by atoms with E-state index < -0.39 is 0 Å². The minimum absolute atomic E-state index is 0. The highest BCUT2D eigenvalue weighted by molar-refractivity contribution is 6.31. The van der Waals surface area contributed by atoms with Crippen LogP contribution in [0.1, 0.15) is 33.2 Å². The molecule has 30 heavy (non-hydrogen) atoms. The van der Waals surface area contributed by atoms with Gasteiger partial charge in [-0.1, -0.05) is 23.7 Å². The number of nitrogens with one attached hydrogen (secondary N) is 1. The molecular weight excluding hydrogens is 423 g/mol. The molecule has 0 bridgehead atoms. The topological polar surface area (TPSA) is 79.9 Å². The summed E-state index contributed by atoms with van der Waals surface area (Å²) < 4.78 is 7.37. The molecule has 0 aliphatic carbocycles. The van der Waals surface area contributed by atoms with Crippen molar-refractivity contribution in [2.24, 2.45) is 0 Å². The van der Waals surface area contributed by atoms with Gasteiger partial charge in [0.2, 0.25) is 0 Å². The van der Waals surface area contributed by atoms with Crippen LogP contribution in [0.15, 0.2) is 54.9 Å². The molecular formula is C22H20Cl2N4O2. The molecule has 1 fully saturated rings. The number of nitriles is 1. The van der Waals surface area contributed by atoms with Crippen molar-refractivity contribution in [3.05, 3.63) is 82.1 Å². The number of aromatic nitrogens is 2. The maximum Gasteiger partial charge on any atom is 0.170 e. The van der Waals surface area contributed by atoms with E-state index in [-0.39, 0.29) is 30.7 Å². The van der Waals surface area contributed by atoms with Crippen LogP contribution in [0, 0.1) is 11.3 Å². The Kier molecular flexibility index (Phi) is 7.24. The third-order valence-corrected chi connectivity index (χ3v) is 5.20. The van der Waals surface area contributed by atoms with Crippen LogP contribution in [-0.4, -0.2) is 35.3 Å². The van der Waals surface area contributed by atoms with Gasteiger partial charge in [-0.3, -0.25) is 4.79 Å². The number of ketones is 1. The predicted molar refractivity (Wildman–Crippen MR) is 117 cm³/mol. The second kappa shape index (κ2) is 9.88. The minimum Gasteiger partial charge on any atom is -0.371 e. The zero-order valence-corrected chi connectivity index (χ0v) is 17.6. The highest BCUT2D eigenvalue weighted by Crippen LogP contribution is 2.28. The molecule has 1 N–H and O–H groups in total. The molecule has 8 heteroatoms. The van der Waals surface area contributed by atoms with Gasteiger partial charge in [-0.05, 0) is 35.9 Å². The first-order chi connectivity index (χ1) is 14.1. The molecule has 3 aromatic rings. The van der Waals surface area contributed by atoms with Crippen LogP contribution in [0.4, 0.5) is 0 Å². The standard InChI is InChI=1S/C22H19ClN4O2.ClH/c23-20-9-16(3-6-19(20)22-13-25-7-8-29-22)10-21(28)17-12-26-27(14-17)18-4-1-15(11-24)2-5-18;/h1-6,9,12,14,22,25H,7-8,10,13H2;1H/t22-;/m1./s1. The molecule has 0 saturated carbocycles. The Morgan fingerprint density at radius 2 is 2.10 bits per heavy atom. The van der Waals surface area contributed by atoms with E-state index in [0.29, 0.717) is 22.8 Å². The Bertz CT molecular complexity index is 1070. The van der Waals surface area contributed by atoms with Crippen LogP contribution in [0.2, 0.25) is 5.02 Å². The molecule has 6 nitrogen and oxygen atoms in total. The van der Waals surface area contributed by atoms with Crippen molar-refractivity contribution in [2.75, 3.05) is 19.7 Å². The van der Waals surface area contributed by atoms with Crippen molar-refractivity contribution in [1.82, 2.24) is 15.1 Å². The number of ether oxygens (including phenoxy) is 1. The fourth-order valence-electron chi connectivity index (χ4n) is 3.29. The Balaban J connectivity index is 0.00000256. The van der Waals surface area contributed by atoms with E-state index >= 15 is 0 Å². The SMILES string of the molecule is Cl.N#Cc1ccc(-n2cc(C(=O)Cc3ccc([C@H]4CNCCO4)c(Cl)c3)cn2)cc1. The highest BCUT2D eigenvalue weighted by Gasteiger charge is 2.19. The lowest BCUT2D eigenvalue weighted by Gasteiger charge is -2.24. The summed E-state index contributed by atoms with van der Waals surface area (Å²) in [6.07, 6.45) is 3.42. The molecule has 0 spiro atoms. The van der Waals surface area contributed by atoms with E-state index in [9.17, 15) is 4.79 Å². The van der Waals surface area contributed by atoms with Crippen LogP contribution in [0.3, 0.4) is 0 Å². The van der Waals surface area contributed by atoms with Gasteiger partial charge < -0.3 is 10.1 Å². The number of hydrogen-bond donors (Lipinski definition) is 1. The number of benzene rings is 2. The summed E-state index contributed by atoms with van der Waals surface area (Å²) >= 11 is 6.44. The Morgan fingerprint density at radius 3 is 2.77 bits per heavy atom. The third-order valence-electron chi connectivity index (χ3n) is 4.87. The minimum atomic E-state index is -0.0633. The summed E-state index contributed by atoms with van der Waals surface area (Å²) in [5.41, 5.74) is 3.67. The van der Waals surface area contributed by atoms with Crippen molar-refractivity contribution >= 4 is 29.8 Å². The van der Waals surface area contributed by atoms with Crippen LogP contribution < -0.4 is 5.32 Å². The van der Waals surface area contributed by atoms with Crippen LogP contribution in [-0.2, 0) is 11.2 Å². The zero-order chi connectivity index (χ0) is 20.2. The summed E-state index contributed by atoms with van der Waals surface area (Å²) in [4.78, 5) is 12.7. The molecule has 1 aromatic heterocycles. The maximum absolute atomic E-state index is 12.7. The van der Waals surface area contributed by atoms with Crippen molar-refractivity contribution in [3.63, 3.8) is 0 Å². The van der Waals surface area contributed by atoms with Crippen molar-refractivity contribution in [2.45, 2.75) is 12.5 Å². The number of carbonyl (C=O) groups excluding carboxylic acids is 1. The number of rotatable bonds is 5. The van der Waals surface area contributed by atoms with E-state index in [1.54, 1.807) is 41.3 Å². The maximum atomic E-state index is 12.7. The normalized spacial score (nSPS) is 15.8. The van der Waals surface area contributed by atoms with Gasteiger partial charge in [0.1, 0.15) is 0 Å². The van der Waals surface area contributed by atoms with Crippen LogP contribution in [0.25, 0.3) is 5.69 Å². The number of morpholine rings is 1. The molecule has 1 saturated heterocycles. The van der Waals surface area contributed by atoms with Crippen molar-refractivity contribution in [1.29, 1.82) is 5.26 Å². The number of Topliss-reactive ketones (excluding diaryl/α,β-unsaturated/α-hetero) is 1. The van der Waals surface area contributed by atoms with E-state index in [1.165, 1.54) is 0 Å². The van der Waals surface area contributed by atoms with Crippen molar-refractivity contribution < 1.29 is 9.53 Å². The lowest BCUT2D eigenvalue weighted by molar-refractivity contribution is 0.0277. The Hall–Kier alpha value is -2.69. The van der Waals surface area contributed by atoms with E-state index in [0.717, 1.165) is 29.9 Å². The van der Waals surface area contributed by atoms with E-state index in [4.69, 9.17) is 21.6 Å². The number of carbonyl (C=O) groups is 1. The molecule has 2 aromatic carbocycles. The predicted octanol–water partition coefficient (Wildman–Crippen LogP) is 3.91. The monoisotopic (exact) mass is 442 g/mol. The smallest absolute Gasteiger partial charge is 0.170 e. The molecule has 4 rings (SSSR count). The fraction of sp³-hybridized carbons (Fsp3) is 0.227. The van der Waals surface area contributed by atoms with Gasteiger partial charge >= 0.3 is 0 Å². The molecule has 1 aliphatic heterocycles.